The lowest BCUT2D eigenvalue weighted by Crippen LogP contribution is -2.36. The number of carbonyl (C=O) groups is 1. The van der Waals surface area contributed by atoms with Crippen LogP contribution in [0.5, 0.6) is 5.75 Å². The maximum absolute atomic E-state index is 13.5. The Bertz CT molecular complexity index is 1140. The number of aryl methyl sites for hydroxylation is 2. The van der Waals surface area contributed by atoms with Gasteiger partial charge in [0.1, 0.15) is 5.75 Å². The Morgan fingerprint density at radius 2 is 1.69 bits per heavy atom. The summed E-state index contributed by atoms with van der Waals surface area (Å²) in [7, 11) is -5.63. The number of sulfone groups is 1. The first-order valence-electron chi connectivity index (χ1n) is 10.2. The minimum atomic E-state index is -3.95. The van der Waals surface area contributed by atoms with Crippen LogP contribution >= 0.6 is 0 Å². The van der Waals surface area contributed by atoms with E-state index in [0.29, 0.717) is 17.0 Å². The molecular formula is C22H30N2O6S2. The van der Waals surface area contributed by atoms with E-state index in [1.807, 2.05) is 6.92 Å². The minimum absolute atomic E-state index is 0.00224. The van der Waals surface area contributed by atoms with E-state index in [4.69, 9.17) is 4.74 Å². The second kappa shape index (κ2) is 10.8. The summed E-state index contributed by atoms with van der Waals surface area (Å²) in [6.45, 7) is 5.04. The van der Waals surface area contributed by atoms with Crippen LogP contribution in [0.15, 0.2) is 47.4 Å². The van der Waals surface area contributed by atoms with Gasteiger partial charge in [-0.05, 0) is 49.7 Å². The van der Waals surface area contributed by atoms with Crippen LogP contribution in [0, 0.1) is 13.8 Å². The number of sulfonamides is 1. The van der Waals surface area contributed by atoms with Gasteiger partial charge in [-0.25, -0.2) is 16.8 Å². The summed E-state index contributed by atoms with van der Waals surface area (Å²) in [5.41, 5.74) is 1.95. The molecule has 0 saturated heterocycles. The molecule has 2 rings (SSSR count). The van der Waals surface area contributed by atoms with E-state index in [1.54, 1.807) is 56.3 Å². The lowest BCUT2D eigenvalue weighted by Gasteiger charge is -2.25. The molecule has 0 heterocycles. The van der Waals surface area contributed by atoms with Crippen molar-refractivity contribution < 1.29 is 26.4 Å². The average Bonchev–Trinajstić information content (AvgIpc) is 2.73. The molecule has 10 heteroatoms. The highest BCUT2D eigenvalue weighted by atomic mass is 32.2. The predicted octanol–water partition coefficient (Wildman–Crippen LogP) is 2.45. The fourth-order valence-corrected chi connectivity index (χ4v) is 5.50. The Morgan fingerprint density at radius 1 is 1.03 bits per heavy atom. The molecule has 1 amide bonds. The molecule has 0 aromatic heterocycles. The van der Waals surface area contributed by atoms with Gasteiger partial charge in [0.25, 0.3) is 10.0 Å². The van der Waals surface area contributed by atoms with Crippen LogP contribution < -0.4 is 14.4 Å². The number of hydrogen-bond donors (Lipinski definition) is 1. The molecule has 0 atom stereocenters. The van der Waals surface area contributed by atoms with Crippen molar-refractivity contribution >= 4 is 31.5 Å². The first kappa shape index (κ1) is 25.7. The summed E-state index contributed by atoms with van der Waals surface area (Å²) in [6.07, 6.45) is -0.123. The van der Waals surface area contributed by atoms with Crippen molar-refractivity contribution in [1.82, 2.24) is 5.32 Å². The number of hydrogen-bond acceptors (Lipinski definition) is 6. The van der Waals surface area contributed by atoms with Gasteiger partial charge in [-0.15, -0.1) is 0 Å². The van der Waals surface area contributed by atoms with E-state index in [1.165, 1.54) is 11.4 Å². The van der Waals surface area contributed by atoms with Crippen LogP contribution in [0.25, 0.3) is 0 Å². The summed E-state index contributed by atoms with van der Waals surface area (Å²) < 4.78 is 56.5. The lowest BCUT2D eigenvalue weighted by molar-refractivity contribution is -0.120. The van der Waals surface area contributed by atoms with Gasteiger partial charge >= 0.3 is 0 Å². The maximum atomic E-state index is 13.5. The molecule has 8 nitrogen and oxygen atoms in total. The smallest absolute Gasteiger partial charge is 0.264 e. The van der Waals surface area contributed by atoms with Crippen LogP contribution in [-0.2, 0) is 24.7 Å². The number of nitrogens with zero attached hydrogens (tertiary/aromatic N) is 1. The molecule has 176 valence electrons. The second-order valence-corrected chi connectivity index (χ2v) is 11.7. The molecule has 32 heavy (non-hydrogen) atoms. The lowest BCUT2D eigenvalue weighted by atomic mass is 10.2. The molecule has 0 aliphatic carbocycles. The molecular weight excluding hydrogens is 452 g/mol. The third kappa shape index (κ3) is 6.70. The number of ether oxygens (including phenoxy) is 1. The molecule has 0 aliphatic heterocycles. The third-order valence-corrected chi connectivity index (χ3v) is 8.67. The summed E-state index contributed by atoms with van der Waals surface area (Å²) in [5.74, 6) is -0.00118. The zero-order valence-corrected chi connectivity index (χ0v) is 20.4. The van der Waals surface area contributed by atoms with Crippen molar-refractivity contribution in [1.29, 1.82) is 0 Å². The number of amides is 1. The van der Waals surface area contributed by atoms with Gasteiger partial charge in [0.2, 0.25) is 5.91 Å². The highest BCUT2D eigenvalue weighted by Crippen LogP contribution is 2.28. The van der Waals surface area contributed by atoms with Crippen LogP contribution in [0.2, 0.25) is 0 Å². The number of rotatable bonds is 11. The zero-order chi connectivity index (χ0) is 23.9. The van der Waals surface area contributed by atoms with Gasteiger partial charge in [0, 0.05) is 25.3 Å². The molecule has 0 unspecified atom stereocenters. The molecule has 2 aromatic carbocycles. The van der Waals surface area contributed by atoms with Crippen molar-refractivity contribution in [2.24, 2.45) is 0 Å². The number of nitrogens with one attached hydrogen (secondary N) is 1. The van der Waals surface area contributed by atoms with E-state index in [-0.39, 0.29) is 35.9 Å². The molecule has 0 radical (unpaired) electrons. The molecule has 0 bridgehead atoms. The quantitative estimate of drug-likeness (QED) is 0.527. The predicted molar refractivity (Wildman–Crippen MR) is 125 cm³/mol. The monoisotopic (exact) mass is 482 g/mol. The van der Waals surface area contributed by atoms with Gasteiger partial charge < -0.3 is 10.1 Å². The first-order chi connectivity index (χ1) is 15.0. The molecule has 2 aromatic rings. The topological polar surface area (TPSA) is 110 Å². The van der Waals surface area contributed by atoms with Crippen molar-refractivity contribution in [3.63, 3.8) is 0 Å². The number of benzene rings is 2. The molecule has 0 spiro atoms. The Balaban J connectivity index is 2.26. The Labute approximate surface area is 190 Å². The number of carbonyl (C=O) groups excluding carboxylic acids is 1. The van der Waals surface area contributed by atoms with Gasteiger partial charge in [-0.3, -0.25) is 9.10 Å². The number of anilines is 1. The second-order valence-electron chi connectivity index (χ2n) is 7.38. The van der Waals surface area contributed by atoms with Gasteiger partial charge in [0.15, 0.2) is 9.84 Å². The maximum Gasteiger partial charge on any atom is 0.264 e. The van der Waals surface area contributed by atoms with Crippen molar-refractivity contribution in [2.75, 3.05) is 36.0 Å². The largest absolute Gasteiger partial charge is 0.497 e. The Kier molecular flexibility index (Phi) is 8.68. The average molecular weight is 483 g/mol. The highest BCUT2D eigenvalue weighted by Gasteiger charge is 2.27. The summed E-state index contributed by atoms with van der Waals surface area (Å²) >= 11 is 0. The molecule has 0 fully saturated rings. The minimum Gasteiger partial charge on any atom is -0.497 e. The van der Waals surface area contributed by atoms with Crippen LogP contribution in [0.3, 0.4) is 0 Å². The first-order valence-corrected chi connectivity index (χ1v) is 13.5. The highest BCUT2D eigenvalue weighted by molar-refractivity contribution is 7.93. The van der Waals surface area contributed by atoms with Crippen molar-refractivity contribution in [2.45, 2.75) is 32.1 Å². The van der Waals surface area contributed by atoms with Crippen molar-refractivity contribution in [3.05, 3.63) is 53.6 Å². The molecule has 0 aliphatic rings. The summed E-state index contributed by atoms with van der Waals surface area (Å²) in [4.78, 5) is 12.4. The zero-order valence-electron chi connectivity index (χ0n) is 18.8. The van der Waals surface area contributed by atoms with E-state index >= 15 is 0 Å². The SMILES string of the molecule is CCS(=O)(=O)CCNC(=O)CCN(c1ccc(OC)cc1)S(=O)(=O)c1ccc(C)cc1C. The van der Waals surface area contributed by atoms with Gasteiger partial charge in [0.05, 0.1) is 23.4 Å². The fraction of sp³-hybridized carbons (Fsp3) is 0.409. The van der Waals surface area contributed by atoms with Crippen molar-refractivity contribution in [3.8, 4) is 5.75 Å². The van der Waals surface area contributed by atoms with E-state index in [2.05, 4.69) is 5.32 Å². The number of methoxy groups -OCH3 is 1. The molecule has 1 N–H and O–H groups in total. The Hall–Kier alpha value is -2.59. The Morgan fingerprint density at radius 3 is 2.25 bits per heavy atom. The third-order valence-electron chi connectivity index (χ3n) is 4.98. The summed E-state index contributed by atoms with van der Waals surface area (Å²) in [6, 6.07) is 11.6. The summed E-state index contributed by atoms with van der Waals surface area (Å²) in [5, 5.41) is 2.55. The molecule has 0 saturated carbocycles. The van der Waals surface area contributed by atoms with E-state index in [9.17, 15) is 21.6 Å². The van der Waals surface area contributed by atoms with E-state index in [0.717, 1.165) is 5.56 Å². The van der Waals surface area contributed by atoms with Gasteiger partial charge in [-0.1, -0.05) is 24.6 Å². The van der Waals surface area contributed by atoms with Gasteiger partial charge in [-0.2, -0.15) is 0 Å². The standard InChI is InChI=1S/C22H30N2O6S2/c1-5-31(26,27)15-13-23-22(25)12-14-24(19-7-9-20(30-4)10-8-19)32(28,29)21-11-6-17(2)16-18(21)3/h6-11,16H,5,12-15H2,1-4H3,(H,23,25). The van der Waals surface area contributed by atoms with Crippen LogP contribution in [0.4, 0.5) is 5.69 Å². The fourth-order valence-electron chi connectivity index (χ4n) is 3.13. The van der Waals surface area contributed by atoms with E-state index < -0.39 is 25.8 Å². The van der Waals surface area contributed by atoms with Crippen LogP contribution in [-0.4, -0.2) is 54.4 Å². The normalized spacial score (nSPS) is 11.8. The van der Waals surface area contributed by atoms with Crippen LogP contribution in [0.1, 0.15) is 24.5 Å².